The molecule has 0 saturated carbocycles. The van der Waals surface area contributed by atoms with Gasteiger partial charge >= 0.3 is 0 Å². The zero-order valence-electron chi connectivity index (χ0n) is 19.6. The standard InChI is InChI=1S/C26H26N4O4S/c1-17-26(25-14-22(30-34-25)21-7-3-4-8-24(21)33-2)29-23(16-28-17)18-9-11-19(12-10-18)35(31,32)20-6-5-13-27-15-20/h3-4,7-12,14,16,20,27H,5-6,13,15H2,1-2H3. The van der Waals surface area contributed by atoms with Gasteiger partial charge in [0.25, 0.3) is 0 Å². The highest BCUT2D eigenvalue weighted by atomic mass is 32.2. The number of hydrogen-bond donors (Lipinski definition) is 1. The molecule has 0 radical (unpaired) electrons. The number of benzene rings is 2. The molecule has 5 rings (SSSR count). The van der Waals surface area contributed by atoms with Crippen LogP contribution in [0.15, 0.2) is 70.2 Å². The van der Waals surface area contributed by atoms with E-state index in [4.69, 9.17) is 14.2 Å². The molecule has 8 nitrogen and oxygen atoms in total. The number of nitrogens with zero attached hydrogens (tertiary/aromatic N) is 3. The van der Waals surface area contributed by atoms with Crippen LogP contribution in [0.1, 0.15) is 18.5 Å². The Morgan fingerprint density at radius 3 is 2.63 bits per heavy atom. The van der Waals surface area contributed by atoms with E-state index in [9.17, 15) is 8.42 Å². The van der Waals surface area contributed by atoms with Gasteiger partial charge in [0.1, 0.15) is 17.1 Å². The van der Waals surface area contributed by atoms with Gasteiger partial charge in [0.15, 0.2) is 15.6 Å². The van der Waals surface area contributed by atoms with Crippen molar-refractivity contribution in [3.05, 3.63) is 66.5 Å². The molecule has 3 heterocycles. The zero-order chi connectivity index (χ0) is 24.4. The first kappa shape index (κ1) is 23.2. The van der Waals surface area contributed by atoms with Crippen LogP contribution in [0.5, 0.6) is 5.75 Å². The first-order valence-electron chi connectivity index (χ1n) is 11.5. The summed E-state index contributed by atoms with van der Waals surface area (Å²) < 4.78 is 37.0. The molecule has 2 aromatic heterocycles. The fourth-order valence-corrected chi connectivity index (χ4v) is 6.00. The zero-order valence-corrected chi connectivity index (χ0v) is 20.4. The lowest BCUT2D eigenvalue weighted by Crippen LogP contribution is -2.38. The summed E-state index contributed by atoms with van der Waals surface area (Å²) in [5.74, 6) is 1.18. The van der Waals surface area contributed by atoms with Crippen molar-refractivity contribution in [1.82, 2.24) is 20.4 Å². The molecule has 0 spiro atoms. The average Bonchev–Trinajstić information content (AvgIpc) is 3.39. The summed E-state index contributed by atoms with van der Waals surface area (Å²) in [5.41, 5.74) is 4.10. The van der Waals surface area contributed by atoms with Crippen molar-refractivity contribution in [3.63, 3.8) is 0 Å². The maximum absolute atomic E-state index is 13.0. The smallest absolute Gasteiger partial charge is 0.187 e. The first-order chi connectivity index (χ1) is 17.0. The van der Waals surface area contributed by atoms with Gasteiger partial charge in [-0.25, -0.2) is 13.4 Å². The van der Waals surface area contributed by atoms with Gasteiger partial charge in [0, 0.05) is 23.7 Å². The second-order valence-electron chi connectivity index (χ2n) is 8.50. The van der Waals surface area contributed by atoms with E-state index in [-0.39, 0.29) is 0 Å². The van der Waals surface area contributed by atoms with E-state index >= 15 is 0 Å². The molecule has 1 aliphatic rings. The minimum atomic E-state index is -3.38. The monoisotopic (exact) mass is 490 g/mol. The molecule has 0 aliphatic carbocycles. The molecule has 9 heteroatoms. The predicted octanol–water partition coefficient (Wildman–Crippen LogP) is 4.31. The highest BCUT2D eigenvalue weighted by Gasteiger charge is 2.28. The van der Waals surface area contributed by atoms with E-state index < -0.39 is 15.1 Å². The van der Waals surface area contributed by atoms with Gasteiger partial charge in [-0.2, -0.15) is 0 Å². The molecule has 1 unspecified atom stereocenters. The van der Waals surface area contributed by atoms with Crippen LogP contribution in [-0.4, -0.2) is 49.0 Å². The Bertz CT molecular complexity index is 1440. The number of para-hydroxylation sites is 1. The summed E-state index contributed by atoms with van der Waals surface area (Å²) in [4.78, 5) is 9.57. The third-order valence-corrected chi connectivity index (χ3v) is 8.46. The molecule has 1 fully saturated rings. The number of sulfone groups is 1. The van der Waals surface area contributed by atoms with Gasteiger partial charge in [0.05, 0.1) is 34.8 Å². The maximum Gasteiger partial charge on any atom is 0.187 e. The highest BCUT2D eigenvalue weighted by Crippen LogP contribution is 2.33. The molecule has 1 N–H and O–H groups in total. The largest absolute Gasteiger partial charge is 0.496 e. The summed E-state index contributed by atoms with van der Waals surface area (Å²) >= 11 is 0. The minimum Gasteiger partial charge on any atom is -0.496 e. The van der Waals surface area contributed by atoms with Crippen molar-refractivity contribution in [2.45, 2.75) is 29.9 Å². The van der Waals surface area contributed by atoms with Gasteiger partial charge in [0.2, 0.25) is 0 Å². The number of hydrogen-bond acceptors (Lipinski definition) is 8. The highest BCUT2D eigenvalue weighted by molar-refractivity contribution is 7.92. The number of nitrogens with one attached hydrogen (secondary N) is 1. The van der Waals surface area contributed by atoms with Gasteiger partial charge in [-0.1, -0.05) is 29.4 Å². The first-order valence-corrected chi connectivity index (χ1v) is 13.0. The van der Waals surface area contributed by atoms with E-state index in [1.165, 1.54) is 0 Å². The summed E-state index contributed by atoms with van der Waals surface area (Å²) in [6.45, 7) is 3.21. The number of ether oxygens (including phenoxy) is 1. The molecule has 0 bridgehead atoms. The molecule has 180 valence electrons. The number of rotatable bonds is 6. The van der Waals surface area contributed by atoms with Crippen LogP contribution in [0.4, 0.5) is 0 Å². The fraction of sp³-hybridized carbons (Fsp3) is 0.269. The van der Waals surface area contributed by atoms with E-state index in [0.29, 0.717) is 52.1 Å². The molecule has 35 heavy (non-hydrogen) atoms. The lowest BCUT2D eigenvalue weighted by molar-refractivity contribution is 0.413. The Hall–Kier alpha value is -3.56. The average molecular weight is 491 g/mol. The van der Waals surface area contributed by atoms with Gasteiger partial charge < -0.3 is 14.6 Å². The third kappa shape index (κ3) is 4.56. The second-order valence-corrected chi connectivity index (χ2v) is 10.7. The van der Waals surface area contributed by atoms with Crippen LogP contribution >= 0.6 is 0 Å². The number of methoxy groups -OCH3 is 1. The summed E-state index contributed by atoms with van der Waals surface area (Å²) in [6, 6.07) is 16.2. The SMILES string of the molecule is COc1ccccc1-c1cc(-c2nc(-c3ccc(S(=O)(=O)C4CCCNC4)cc3)cnc2C)on1. The van der Waals surface area contributed by atoms with Gasteiger partial charge in [-0.05, 0) is 50.6 Å². The Kier molecular flexibility index (Phi) is 6.36. The van der Waals surface area contributed by atoms with Crippen molar-refractivity contribution in [1.29, 1.82) is 0 Å². The Labute approximate surface area is 204 Å². The van der Waals surface area contributed by atoms with E-state index in [2.05, 4.69) is 15.5 Å². The number of piperidine rings is 1. The van der Waals surface area contributed by atoms with Crippen LogP contribution in [-0.2, 0) is 9.84 Å². The van der Waals surface area contributed by atoms with E-state index in [1.807, 2.05) is 37.3 Å². The second kappa shape index (κ2) is 9.59. The summed E-state index contributed by atoms with van der Waals surface area (Å²) in [7, 11) is -1.77. The van der Waals surface area contributed by atoms with Crippen molar-refractivity contribution in [2.75, 3.05) is 20.2 Å². The third-order valence-electron chi connectivity index (χ3n) is 6.25. The van der Waals surface area contributed by atoms with E-state index in [1.54, 1.807) is 37.6 Å². The van der Waals surface area contributed by atoms with Crippen LogP contribution < -0.4 is 10.1 Å². The Morgan fingerprint density at radius 1 is 1.09 bits per heavy atom. The van der Waals surface area contributed by atoms with E-state index in [0.717, 1.165) is 24.1 Å². The van der Waals surface area contributed by atoms with Gasteiger partial charge in [-0.3, -0.25) is 4.98 Å². The lowest BCUT2D eigenvalue weighted by atomic mass is 10.1. The molecule has 1 saturated heterocycles. The molecule has 1 aliphatic heterocycles. The van der Waals surface area contributed by atoms with Crippen LogP contribution in [0.25, 0.3) is 34.0 Å². The fourth-order valence-electron chi connectivity index (χ4n) is 4.28. The van der Waals surface area contributed by atoms with Gasteiger partial charge in [-0.15, -0.1) is 0 Å². The normalized spacial score (nSPS) is 16.2. The predicted molar refractivity (Wildman–Crippen MR) is 133 cm³/mol. The van der Waals surface area contributed by atoms with Crippen molar-refractivity contribution in [3.8, 4) is 39.7 Å². The molecular weight excluding hydrogens is 464 g/mol. The topological polar surface area (TPSA) is 107 Å². The quantitative estimate of drug-likeness (QED) is 0.426. The molecular formula is C26H26N4O4S. The van der Waals surface area contributed by atoms with Crippen LogP contribution in [0, 0.1) is 6.92 Å². The Morgan fingerprint density at radius 2 is 1.89 bits per heavy atom. The van der Waals surface area contributed by atoms with Crippen molar-refractivity contribution < 1.29 is 17.7 Å². The lowest BCUT2D eigenvalue weighted by Gasteiger charge is -2.22. The van der Waals surface area contributed by atoms with Crippen LogP contribution in [0.3, 0.4) is 0 Å². The van der Waals surface area contributed by atoms with Crippen molar-refractivity contribution in [2.24, 2.45) is 0 Å². The molecule has 2 aromatic carbocycles. The van der Waals surface area contributed by atoms with Crippen LogP contribution in [0.2, 0.25) is 0 Å². The number of aryl methyl sites for hydroxylation is 1. The molecule has 1 atom stereocenters. The molecule has 4 aromatic rings. The number of aromatic nitrogens is 3. The Balaban J connectivity index is 1.44. The minimum absolute atomic E-state index is 0.326. The summed E-state index contributed by atoms with van der Waals surface area (Å²) in [6.07, 6.45) is 3.22. The summed E-state index contributed by atoms with van der Waals surface area (Å²) in [5, 5.41) is 6.99. The maximum atomic E-state index is 13.0. The molecule has 0 amide bonds. The van der Waals surface area contributed by atoms with Crippen molar-refractivity contribution >= 4 is 9.84 Å².